The molecule has 0 aliphatic carbocycles. The van der Waals surface area contributed by atoms with Crippen LogP contribution in [-0.2, 0) is 14.3 Å². The van der Waals surface area contributed by atoms with Gasteiger partial charge >= 0.3 is 5.97 Å². The van der Waals surface area contributed by atoms with E-state index in [0.29, 0.717) is 12.5 Å². The van der Waals surface area contributed by atoms with Crippen LogP contribution >= 0.6 is 0 Å². The summed E-state index contributed by atoms with van der Waals surface area (Å²) in [7, 11) is 1.42. The monoisotopic (exact) mass is 235 g/mol. The van der Waals surface area contributed by atoms with Gasteiger partial charge in [-0.05, 0) is 18.9 Å². The lowest BCUT2D eigenvalue weighted by Gasteiger charge is -1.98. The molecule has 1 aromatic heterocycles. The van der Waals surface area contributed by atoms with E-state index < -0.39 is 0 Å². The highest BCUT2D eigenvalue weighted by molar-refractivity contribution is 5.68. The number of aromatic nitrogens is 1. The van der Waals surface area contributed by atoms with Crippen LogP contribution in [0.5, 0.6) is 0 Å². The number of carbonyl (C=O) groups is 1. The van der Waals surface area contributed by atoms with Crippen molar-refractivity contribution in [2.45, 2.75) is 37.9 Å². The van der Waals surface area contributed by atoms with Crippen molar-refractivity contribution >= 4 is 5.97 Å². The SMILES string of the molecule is COC(=O)CCCC[C@@H]1O[C@@H]1c1cccnc1. The first-order chi connectivity index (χ1) is 8.31. The molecule has 2 heterocycles. The number of pyridine rings is 1. The molecule has 1 aromatic rings. The number of nitrogens with zero attached hydrogens (tertiary/aromatic N) is 1. The van der Waals surface area contributed by atoms with Crippen LogP contribution in [0.15, 0.2) is 24.5 Å². The molecule has 0 radical (unpaired) electrons. The zero-order valence-electron chi connectivity index (χ0n) is 9.96. The Labute approximate surface area is 101 Å². The maximum atomic E-state index is 10.9. The van der Waals surface area contributed by atoms with E-state index in [1.54, 1.807) is 6.20 Å². The van der Waals surface area contributed by atoms with Gasteiger partial charge in [-0.25, -0.2) is 0 Å². The highest BCUT2D eigenvalue weighted by Gasteiger charge is 2.39. The highest BCUT2D eigenvalue weighted by Crippen LogP contribution is 2.41. The van der Waals surface area contributed by atoms with E-state index in [4.69, 9.17) is 4.74 Å². The average Bonchev–Trinajstić information content (AvgIpc) is 3.15. The van der Waals surface area contributed by atoms with Crippen LogP contribution in [0.1, 0.15) is 37.4 Å². The number of esters is 1. The molecule has 1 fully saturated rings. The molecule has 2 atom stereocenters. The summed E-state index contributed by atoms with van der Waals surface area (Å²) in [5.74, 6) is -0.134. The molecule has 0 N–H and O–H groups in total. The summed E-state index contributed by atoms with van der Waals surface area (Å²) in [6.07, 6.45) is 7.48. The third-order valence-electron chi connectivity index (χ3n) is 2.94. The lowest BCUT2D eigenvalue weighted by Crippen LogP contribution is -1.99. The largest absolute Gasteiger partial charge is 0.469 e. The van der Waals surface area contributed by atoms with Gasteiger partial charge in [-0.15, -0.1) is 0 Å². The van der Waals surface area contributed by atoms with Crippen molar-refractivity contribution in [2.75, 3.05) is 7.11 Å². The second-order valence-corrected chi connectivity index (χ2v) is 4.20. The summed E-state index contributed by atoms with van der Waals surface area (Å²) < 4.78 is 10.2. The summed E-state index contributed by atoms with van der Waals surface area (Å²) in [6.45, 7) is 0. The molecule has 0 amide bonds. The summed E-state index contributed by atoms with van der Waals surface area (Å²) in [6, 6.07) is 3.96. The van der Waals surface area contributed by atoms with Gasteiger partial charge in [0.1, 0.15) is 6.10 Å². The molecule has 1 saturated heterocycles. The smallest absolute Gasteiger partial charge is 0.305 e. The molecule has 2 rings (SSSR count). The maximum Gasteiger partial charge on any atom is 0.305 e. The van der Waals surface area contributed by atoms with Gasteiger partial charge in [0.2, 0.25) is 0 Å². The van der Waals surface area contributed by atoms with Gasteiger partial charge in [0.05, 0.1) is 13.2 Å². The Morgan fingerprint density at radius 2 is 2.41 bits per heavy atom. The molecule has 0 bridgehead atoms. The Bertz CT molecular complexity index is 366. The lowest BCUT2D eigenvalue weighted by molar-refractivity contribution is -0.140. The van der Waals surface area contributed by atoms with E-state index in [1.165, 1.54) is 7.11 Å². The van der Waals surface area contributed by atoms with Crippen LogP contribution in [0.25, 0.3) is 0 Å². The Kier molecular flexibility index (Phi) is 4.09. The molecule has 1 aliphatic rings. The number of hydrogen-bond donors (Lipinski definition) is 0. The number of epoxide rings is 1. The molecule has 4 heteroatoms. The third-order valence-corrected chi connectivity index (χ3v) is 2.94. The van der Waals surface area contributed by atoms with E-state index in [1.807, 2.05) is 18.3 Å². The standard InChI is InChI=1S/C13H17NO3/c1-16-12(15)7-3-2-6-11-13(17-11)10-5-4-8-14-9-10/h4-5,8-9,11,13H,2-3,6-7H2,1H3/t11-,13+/m0/s1. The second-order valence-electron chi connectivity index (χ2n) is 4.20. The Morgan fingerprint density at radius 1 is 1.53 bits per heavy atom. The maximum absolute atomic E-state index is 10.9. The molecule has 0 aromatic carbocycles. The van der Waals surface area contributed by atoms with Crippen LogP contribution in [0.4, 0.5) is 0 Å². The van der Waals surface area contributed by atoms with Crippen LogP contribution in [-0.4, -0.2) is 24.2 Å². The minimum absolute atomic E-state index is 0.134. The van der Waals surface area contributed by atoms with E-state index >= 15 is 0 Å². The highest BCUT2D eigenvalue weighted by atomic mass is 16.6. The fourth-order valence-electron chi connectivity index (χ4n) is 1.92. The van der Waals surface area contributed by atoms with Crippen LogP contribution < -0.4 is 0 Å². The van der Waals surface area contributed by atoms with Crippen molar-refractivity contribution in [1.82, 2.24) is 4.98 Å². The Morgan fingerprint density at radius 3 is 3.12 bits per heavy atom. The van der Waals surface area contributed by atoms with Gasteiger partial charge in [0.15, 0.2) is 0 Å². The molecule has 0 saturated carbocycles. The van der Waals surface area contributed by atoms with Gasteiger partial charge in [0, 0.05) is 24.4 Å². The van der Waals surface area contributed by atoms with E-state index in [-0.39, 0.29) is 12.1 Å². The molecule has 4 nitrogen and oxygen atoms in total. The van der Waals surface area contributed by atoms with Crippen molar-refractivity contribution in [1.29, 1.82) is 0 Å². The van der Waals surface area contributed by atoms with Crippen molar-refractivity contribution < 1.29 is 14.3 Å². The first kappa shape index (κ1) is 12.0. The number of carbonyl (C=O) groups excluding carboxylic acids is 1. The summed E-state index contributed by atoms with van der Waals surface area (Å²) in [5.41, 5.74) is 1.14. The number of hydrogen-bond acceptors (Lipinski definition) is 4. The van der Waals surface area contributed by atoms with Crippen molar-refractivity contribution in [2.24, 2.45) is 0 Å². The average molecular weight is 235 g/mol. The molecule has 92 valence electrons. The van der Waals surface area contributed by atoms with E-state index in [2.05, 4.69) is 9.72 Å². The van der Waals surface area contributed by atoms with Crippen LogP contribution in [0, 0.1) is 0 Å². The Hall–Kier alpha value is -1.42. The lowest BCUT2D eigenvalue weighted by atomic mass is 10.1. The van der Waals surface area contributed by atoms with Gasteiger partial charge in [-0.3, -0.25) is 9.78 Å². The summed E-state index contributed by atoms with van der Waals surface area (Å²) in [5, 5.41) is 0. The number of unbranched alkanes of at least 4 members (excludes halogenated alkanes) is 1. The molecular formula is C13H17NO3. The van der Waals surface area contributed by atoms with Gasteiger partial charge in [-0.1, -0.05) is 12.5 Å². The van der Waals surface area contributed by atoms with E-state index in [0.717, 1.165) is 24.8 Å². The molecule has 17 heavy (non-hydrogen) atoms. The van der Waals surface area contributed by atoms with Crippen LogP contribution in [0.2, 0.25) is 0 Å². The quantitative estimate of drug-likeness (QED) is 0.431. The molecule has 0 unspecified atom stereocenters. The number of methoxy groups -OCH3 is 1. The molecular weight excluding hydrogens is 218 g/mol. The zero-order chi connectivity index (χ0) is 12.1. The van der Waals surface area contributed by atoms with Crippen molar-refractivity contribution in [3.63, 3.8) is 0 Å². The second kappa shape index (κ2) is 5.77. The predicted octanol–water partition coefficient (Wildman–Crippen LogP) is 2.25. The first-order valence-corrected chi connectivity index (χ1v) is 5.93. The first-order valence-electron chi connectivity index (χ1n) is 5.93. The Balaban J connectivity index is 1.62. The third kappa shape index (κ3) is 3.53. The zero-order valence-corrected chi connectivity index (χ0v) is 9.96. The van der Waals surface area contributed by atoms with Gasteiger partial charge in [0.25, 0.3) is 0 Å². The van der Waals surface area contributed by atoms with Gasteiger partial charge in [-0.2, -0.15) is 0 Å². The van der Waals surface area contributed by atoms with Crippen LogP contribution in [0.3, 0.4) is 0 Å². The minimum Gasteiger partial charge on any atom is -0.469 e. The fraction of sp³-hybridized carbons (Fsp3) is 0.538. The number of rotatable bonds is 6. The van der Waals surface area contributed by atoms with Crippen molar-refractivity contribution in [3.8, 4) is 0 Å². The topological polar surface area (TPSA) is 51.7 Å². The summed E-state index contributed by atoms with van der Waals surface area (Å²) in [4.78, 5) is 15.0. The molecule has 0 spiro atoms. The normalized spacial score (nSPS) is 22.2. The fourth-order valence-corrected chi connectivity index (χ4v) is 1.92. The summed E-state index contributed by atoms with van der Waals surface area (Å²) >= 11 is 0. The molecule has 1 aliphatic heterocycles. The minimum atomic E-state index is -0.134. The van der Waals surface area contributed by atoms with Gasteiger partial charge < -0.3 is 9.47 Å². The predicted molar refractivity (Wildman–Crippen MR) is 62.3 cm³/mol. The van der Waals surface area contributed by atoms with Crippen molar-refractivity contribution in [3.05, 3.63) is 30.1 Å². The van der Waals surface area contributed by atoms with E-state index in [9.17, 15) is 4.79 Å². The number of ether oxygens (including phenoxy) is 2.